The molecular formula is C22H25N3O2S. The van der Waals surface area contributed by atoms with Crippen LogP contribution in [-0.2, 0) is 11.3 Å². The molecule has 0 aliphatic rings. The van der Waals surface area contributed by atoms with E-state index in [2.05, 4.69) is 41.5 Å². The van der Waals surface area contributed by atoms with Crippen molar-refractivity contribution in [1.82, 2.24) is 14.9 Å². The Bertz CT molecular complexity index is 1030. The summed E-state index contributed by atoms with van der Waals surface area (Å²) < 4.78 is 1.62. The Kier molecular flexibility index (Phi) is 6.52. The summed E-state index contributed by atoms with van der Waals surface area (Å²) in [4.78, 5) is 29.8. The topological polar surface area (TPSA) is 64.0 Å². The van der Waals surface area contributed by atoms with Crippen LogP contribution in [0.1, 0.15) is 37.4 Å². The summed E-state index contributed by atoms with van der Waals surface area (Å²) in [5, 5.41) is 4.26. The van der Waals surface area contributed by atoms with Gasteiger partial charge < -0.3 is 5.32 Å². The fourth-order valence-electron chi connectivity index (χ4n) is 3.12. The summed E-state index contributed by atoms with van der Waals surface area (Å²) in [7, 11) is 0. The van der Waals surface area contributed by atoms with Gasteiger partial charge in [-0.05, 0) is 38.0 Å². The number of thioether (sulfide) groups is 1. The fourth-order valence-corrected chi connectivity index (χ4v) is 4.00. The van der Waals surface area contributed by atoms with Crippen LogP contribution in [0.15, 0.2) is 58.5 Å². The minimum absolute atomic E-state index is 0.0216. The Morgan fingerprint density at radius 1 is 1.14 bits per heavy atom. The molecule has 0 aliphatic carbocycles. The molecule has 0 spiro atoms. The fraction of sp³-hybridized carbons (Fsp3) is 0.318. The minimum Gasteiger partial charge on any atom is -0.349 e. The highest BCUT2D eigenvalue weighted by atomic mass is 32.2. The molecule has 0 saturated carbocycles. The molecule has 6 heteroatoms. The van der Waals surface area contributed by atoms with Crippen molar-refractivity contribution in [1.29, 1.82) is 0 Å². The highest BCUT2D eigenvalue weighted by Gasteiger charge is 2.15. The number of hydrogen-bond acceptors (Lipinski definition) is 4. The van der Waals surface area contributed by atoms with Crippen LogP contribution in [0.5, 0.6) is 0 Å². The molecule has 146 valence electrons. The third-order valence-corrected chi connectivity index (χ3v) is 5.67. The SMILES string of the molecule is CC[C@@H](NC(=O)CSc1nc2ccccc2c(=O)n1CC)c1ccc(C)cc1. The quantitative estimate of drug-likeness (QED) is 0.484. The van der Waals surface area contributed by atoms with Crippen molar-refractivity contribution in [3.63, 3.8) is 0 Å². The first-order valence-corrected chi connectivity index (χ1v) is 10.5. The zero-order valence-corrected chi connectivity index (χ0v) is 17.3. The monoisotopic (exact) mass is 395 g/mol. The predicted molar refractivity (Wildman–Crippen MR) is 115 cm³/mol. The first kappa shape index (κ1) is 20.1. The average molecular weight is 396 g/mol. The largest absolute Gasteiger partial charge is 0.349 e. The van der Waals surface area contributed by atoms with Crippen LogP contribution < -0.4 is 10.9 Å². The number of hydrogen-bond donors (Lipinski definition) is 1. The van der Waals surface area contributed by atoms with E-state index in [4.69, 9.17) is 0 Å². The molecule has 1 aromatic heterocycles. The van der Waals surface area contributed by atoms with Gasteiger partial charge in [-0.1, -0.05) is 60.6 Å². The number of nitrogens with zero attached hydrogens (tertiary/aromatic N) is 2. The zero-order chi connectivity index (χ0) is 20.1. The van der Waals surface area contributed by atoms with Crippen molar-refractivity contribution in [2.24, 2.45) is 0 Å². The van der Waals surface area contributed by atoms with Crippen LogP contribution in [0.2, 0.25) is 0 Å². The lowest BCUT2D eigenvalue weighted by Gasteiger charge is -2.18. The van der Waals surface area contributed by atoms with E-state index in [9.17, 15) is 9.59 Å². The van der Waals surface area contributed by atoms with Crippen molar-refractivity contribution >= 4 is 28.6 Å². The minimum atomic E-state index is -0.0675. The lowest BCUT2D eigenvalue weighted by atomic mass is 10.0. The van der Waals surface area contributed by atoms with E-state index in [1.165, 1.54) is 17.3 Å². The van der Waals surface area contributed by atoms with Gasteiger partial charge in [0.2, 0.25) is 5.91 Å². The molecule has 0 fully saturated rings. The molecule has 5 nitrogen and oxygen atoms in total. The molecular weight excluding hydrogens is 370 g/mol. The van der Waals surface area contributed by atoms with Crippen LogP contribution in [0.4, 0.5) is 0 Å². The highest BCUT2D eigenvalue weighted by molar-refractivity contribution is 7.99. The number of amides is 1. The number of aryl methyl sites for hydroxylation is 1. The zero-order valence-electron chi connectivity index (χ0n) is 16.4. The third-order valence-electron chi connectivity index (χ3n) is 4.70. The van der Waals surface area contributed by atoms with Gasteiger partial charge in [0.25, 0.3) is 5.56 Å². The third kappa shape index (κ3) is 4.44. The first-order valence-electron chi connectivity index (χ1n) is 9.51. The molecule has 2 aromatic carbocycles. The Labute approximate surface area is 169 Å². The van der Waals surface area contributed by atoms with E-state index in [1.54, 1.807) is 10.6 Å². The molecule has 0 aliphatic heterocycles. The van der Waals surface area contributed by atoms with Crippen LogP contribution >= 0.6 is 11.8 Å². The summed E-state index contributed by atoms with van der Waals surface area (Å²) in [6, 6.07) is 15.5. The second-order valence-corrected chi connectivity index (χ2v) is 7.63. The molecule has 3 rings (SSSR count). The van der Waals surface area contributed by atoms with Gasteiger partial charge in [-0.25, -0.2) is 4.98 Å². The van der Waals surface area contributed by atoms with E-state index in [0.29, 0.717) is 22.6 Å². The predicted octanol–water partition coefficient (Wildman–Crippen LogP) is 4.08. The van der Waals surface area contributed by atoms with Crippen LogP contribution in [0.25, 0.3) is 10.9 Å². The van der Waals surface area contributed by atoms with Gasteiger partial charge in [0.15, 0.2) is 5.16 Å². The van der Waals surface area contributed by atoms with Gasteiger partial charge in [-0.15, -0.1) is 0 Å². The van der Waals surface area contributed by atoms with Gasteiger partial charge in [0.1, 0.15) is 0 Å². The number of aromatic nitrogens is 2. The number of fused-ring (bicyclic) bond motifs is 1. The Hall–Kier alpha value is -2.60. The van der Waals surface area contributed by atoms with Crippen molar-refractivity contribution in [2.75, 3.05) is 5.75 Å². The Balaban J connectivity index is 1.73. The number of nitrogens with one attached hydrogen (secondary N) is 1. The molecule has 3 aromatic rings. The molecule has 0 saturated heterocycles. The number of carbonyl (C=O) groups is 1. The lowest BCUT2D eigenvalue weighted by molar-refractivity contribution is -0.119. The molecule has 1 N–H and O–H groups in total. The normalized spacial score (nSPS) is 12.1. The lowest BCUT2D eigenvalue weighted by Crippen LogP contribution is -2.30. The second-order valence-electron chi connectivity index (χ2n) is 6.69. The standard InChI is InChI=1S/C22H25N3O2S/c1-4-18(16-12-10-15(3)11-13-16)23-20(26)14-28-22-24-19-9-7-6-8-17(19)21(27)25(22)5-2/h6-13,18H,4-5,14H2,1-3H3,(H,23,26)/t18-/m1/s1. The molecule has 1 heterocycles. The van der Waals surface area contributed by atoms with Gasteiger partial charge in [-0.2, -0.15) is 0 Å². The van der Waals surface area contributed by atoms with Crippen molar-refractivity contribution in [3.05, 3.63) is 70.0 Å². The Morgan fingerprint density at radius 3 is 2.54 bits per heavy atom. The maximum absolute atomic E-state index is 12.7. The van der Waals surface area contributed by atoms with Gasteiger partial charge in [0.05, 0.1) is 22.7 Å². The van der Waals surface area contributed by atoms with Gasteiger partial charge >= 0.3 is 0 Å². The number of rotatable bonds is 7. The van der Waals surface area contributed by atoms with Crippen LogP contribution in [0, 0.1) is 6.92 Å². The molecule has 1 amide bonds. The van der Waals surface area contributed by atoms with E-state index in [-0.39, 0.29) is 23.3 Å². The summed E-state index contributed by atoms with van der Waals surface area (Å²) in [6.07, 6.45) is 0.813. The van der Waals surface area contributed by atoms with Gasteiger partial charge in [0, 0.05) is 6.54 Å². The summed E-state index contributed by atoms with van der Waals surface area (Å²) >= 11 is 1.30. The van der Waals surface area contributed by atoms with E-state index < -0.39 is 0 Å². The average Bonchev–Trinajstić information content (AvgIpc) is 2.71. The summed E-state index contributed by atoms with van der Waals surface area (Å²) in [5.41, 5.74) is 2.88. The molecule has 0 unspecified atom stereocenters. The Morgan fingerprint density at radius 2 is 1.86 bits per heavy atom. The van der Waals surface area contributed by atoms with Crippen LogP contribution in [-0.4, -0.2) is 21.2 Å². The van der Waals surface area contributed by atoms with Gasteiger partial charge in [-0.3, -0.25) is 14.2 Å². The van der Waals surface area contributed by atoms with E-state index >= 15 is 0 Å². The van der Waals surface area contributed by atoms with Crippen molar-refractivity contribution in [2.45, 2.75) is 44.9 Å². The maximum Gasteiger partial charge on any atom is 0.262 e. The number of benzene rings is 2. The summed E-state index contributed by atoms with van der Waals surface area (Å²) in [6.45, 7) is 6.52. The smallest absolute Gasteiger partial charge is 0.262 e. The van der Waals surface area contributed by atoms with E-state index in [1.807, 2.05) is 32.0 Å². The molecule has 28 heavy (non-hydrogen) atoms. The number of carbonyl (C=O) groups excluding carboxylic acids is 1. The molecule has 0 radical (unpaired) electrons. The second kappa shape index (κ2) is 9.06. The highest BCUT2D eigenvalue weighted by Crippen LogP contribution is 2.20. The first-order chi connectivity index (χ1) is 13.5. The number of para-hydroxylation sites is 1. The van der Waals surface area contributed by atoms with Crippen LogP contribution in [0.3, 0.4) is 0 Å². The maximum atomic E-state index is 12.7. The van der Waals surface area contributed by atoms with Crippen molar-refractivity contribution < 1.29 is 4.79 Å². The molecule has 0 bridgehead atoms. The van der Waals surface area contributed by atoms with Crippen molar-refractivity contribution in [3.8, 4) is 0 Å². The molecule has 1 atom stereocenters. The van der Waals surface area contributed by atoms with E-state index in [0.717, 1.165) is 12.0 Å². The summed E-state index contributed by atoms with van der Waals surface area (Å²) in [5.74, 6) is 0.148.